The van der Waals surface area contributed by atoms with Gasteiger partial charge in [0.05, 0.1) is 9.95 Å². The van der Waals surface area contributed by atoms with Gasteiger partial charge in [0.1, 0.15) is 0 Å². The van der Waals surface area contributed by atoms with Crippen LogP contribution in [-0.2, 0) is 0 Å². The van der Waals surface area contributed by atoms with Gasteiger partial charge in [-0.15, -0.1) is 0 Å². The van der Waals surface area contributed by atoms with Gasteiger partial charge in [-0.25, -0.2) is 4.98 Å². The Hall–Kier alpha value is -1.36. The first-order valence-corrected chi connectivity index (χ1v) is 6.48. The summed E-state index contributed by atoms with van der Waals surface area (Å²) in [5.41, 5.74) is -0.0615. The van der Waals surface area contributed by atoms with Gasteiger partial charge in [0.2, 0.25) is 5.82 Å². The van der Waals surface area contributed by atoms with E-state index in [2.05, 4.69) is 17.2 Å². The molecule has 0 saturated heterocycles. The van der Waals surface area contributed by atoms with Gasteiger partial charge < -0.3 is 5.32 Å². The van der Waals surface area contributed by atoms with Crippen LogP contribution in [0.5, 0.6) is 0 Å². The second-order valence-corrected chi connectivity index (χ2v) is 5.38. The van der Waals surface area contributed by atoms with Crippen LogP contribution in [0, 0.1) is 22.0 Å². The van der Waals surface area contributed by atoms with Crippen LogP contribution >= 0.6 is 11.6 Å². The van der Waals surface area contributed by atoms with Gasteiger partial charge in [0, 0.05) is 18.8 Å². The maximum Gasteiger partial charge on any atom is 0.312 e. The van der Waals surface area contributed by atoms with E-state index in [1.165, 1.54) is 31.5 Å². The molecule has 1 aliphatic carbocycles. The van der Waals surface area contributed by atoms with Crippen molar-refractivity contribution in [1.29, 1.82) is 0 Å². The summed E-state index contributed by atoms with van der Waals surface area (Å²) >= 11 is 5.71. The molecule has 18 heavy (non-hydrogen) atoms. The molecular weight excluding hydrogens is 254 g/mol. The quantitative estimate of drug-likeness (QED) is 0.671. The first-order chi connectivity index (χ1) is 8.56. The van der Waals surface area contributed by atoms with Gasteiger partial charge >= 0.3 is 5.69 Å². The standard InChI is InChI=1S/C12H16ClN3O2/c1-8-2-3-9(4-8)6-14-12-11(16(17)18)5-10(13)7-15-12/h5,7-9H,2-4,6H2,1H3,(H,14,15). The number of hydrogen-bond donors (Lipinski definition) is 1. The summed E-state index contributed by atoms with van der Waals surface area (Å²) in [6.07, 6.45) is 5.01. The number of anilines is 1. The second kappa shape index (κ2) is 5.52. The third-order valence-electron chi connectivity index (χ3n) is 3.39. The van der Waals surface area contributed by atoms with Crippen LogP contribution in [0.15, 0.2) is 12.3 Å². The van der Waals surface area contributed by atoms with Crippen LogP contribution in [0.3, 0.4) is 0 Å². The summed E-state index contributed by atoms with van der Waals surface area (Å²) in [4.78, 5) is 14.4. The summed E-state index contributed by atoms with van der Waals surface area (Å²) in [6, 6.07) is 1.33. The Morgan fingerprint density at radius 2 is 2.39 bits per heavy atom. The minimum Gasteiger partial charge on any atom is -0.364 e. The third-order valence-corrected chi connectivity index (χ3v) is 3.60. The third kappa shape index (κ3) is 3.10. The molecule has 0 amide bonds. The molecule has 1 heterocycles. The highest BCUT2D eigenvalue weighted by atomic mass is 35.5. The van der Waals surface area contributed by atoms with Crippen molar-refractivity contribution in [2.24, 2.45) is 11.8 Å². The molecule has 1 N–H and O–H groups in total. The molecule has 1 saturated carbocycles. The SMILES string of the molecule is CC1CCC(CNc2ncc(Cl)cc2[N+](=O)[O-])C1. The lowest BCUT2D eigenvalue weighted by molar-refractivity contribution is -0.384. The highest BCUT2D eigenvalue weighted by Crippen LogP contribution is 2.31. The van der Waals surface area contributed by atoms with E-state index in [1.807, 2.05) is 0 Å². The first-order valence-electron chi connectivity index (χ1n) is 6.10. The van der Waals surface area contributed by atoms with E-state index < -0.39 is 4.92 Å². The van der Waals surface area contributed by atoms with E-state index in [-0.39, 0.29) is 10.7 Å². The Kier molecular flexibility index (Phi) is 4.01. The zero-order chi connectivity index (χ0) is 13.1. The number of hydrogen-bond acceptors (Lipinski definition) is 4. The number of nitrogens with zero attached hydrogens (tertiary/aromatic N) is 2. The van der Waals surface area contributed by atoms with Crippen LogP contribution in [0.2, 0.25) is 5.02 Å². The molecular formula is C12H16ClN3O2. The van der Waals surface area contributed by atoms with E-state index in [0.29, 0.717) is 11.7 Å². The summed E-state index contributed by atoms with van der Waals surface area (Å²) < 4.78 is 0. The van der Waals surface area contributed by atoms with E-state index in [9.17, 15) is 10.1 Å². The molecule has 1 aliphatic rings. The van der Waals surface area contributed by atoms with Gasteiger partial charge in [-0.3, -0.25) is 10.1 Å². The number of pyridine rings is 1. The van der Waals surface area contributed by atoms with Gasteiger partial charge in [-0.05, 0) is 24.7 Å². The van der Waals surface area contributed by atoms with E-state index in [4.69, 9.17) is 11.6 Å². The van der Waals surface area contributed by atoms with Crippen molar-refractivity contribution in [1.82, 2.24) is 4.98 Å². The van der Waals surface area contributed by atoms with Crippen molar-refractivity contribution in [2.75, 3.05) is 11.9 Å². The van der Waals surface area contributed by atoms with Crippen LogP contribution in [0.25, 0.3) is 0 Å². The highest BCUT2D eigenvalue weighted by molar-refractivity contribution is 6.30. The Labute approximate surface area is 111 Å². The maximum absolute atomic E-state index is 10.9. The molecule has 0 aliphatic heterocycles. The molecule has 2 rings (SSSR count). The lowest BCUT2D eigenvalue weighted by Gasteiger charge is -2.11. The lowest BCUT2D eigenvalue weighted by atomic mass is 10.1. The van der Waals surface area contributed by atoms with Crippen molar-refractivity contribution in [3.8, 4) is 0 Å². The number of nitro groups is 1. The fraction of sp³-hybridized carbons (Fsp3) is 0.583. The van der Waals surface area contributed by atoms with Crippen LogP contribution < -0.4 is 5.32 Å². The first kappa shape index (κ1) is 13.1. The minimum atomic E-state index is -0.460. The van der Waals surface area contributed by atoms with Crippen molar-refractivity contribution < 1.29 is 4.92 Å². The van der Waals surface area contributed by atoms with Crippen molar-refractivity contribution >= 4 is 23.1 Å². The molecule has 98 valence electrons. The van der Waals surface area contributed by atoms with Crippen molar-refractivity contribution in [2.45, 2.75) is 26.2 Å². The van der Waals surface area contributed by atoms with Gasteiger partial charge in [0.15, 0.2) is 0 Å². The predicted molar refractivity (Wildman–Crippen MR) is 70.9 cm³/mol. The van der Waals surface area contributed by atoms with Crippen LogP contribution in [0.4, 0.5) is 11.5 Å². The molecule has 6 heteroatoms. The molecule has 0 bridgehead atoms. The Morgan fingerprint density at radius 1 is 1.61 bits per heavy atom. The molecule has 1 aromatic rings. The highest BCUT2D eigenvalue weighted by Gasteiger charge is 2.22. The largest absolute Gasteiger partial charge is 0.364 e. The van der Waals surface area contributed by atoms with Crippen LogP contribution in [0.1, 0.15) is 26.2 Å². The Balaban J connectivity index is 2.02. The minimum absolute atomic E-state index is 0.0615. The molecule has 1 aromatic heterocycles. The summed E-state index contributed by atoms with van der Waals surface area (Å²) in [5.74, 6) is 1.64. The fourth-order valence-corrected chi connectivity index (χ4v) is 2.61. The normalized spacial score (nSPS) is 23.0. The van der Waals surface area contributed by atoms with E-state index >= 15 is 0 Å². The molecule has 5 nitrogen and oxygen atoms in total. The summed E-state index contributed by atoms with van der Waals surface area (Å²) in [5, 5.41) is 14.2. The van der Waals surface area contributed by atoms with Crippen LogP contribution in [-0.4, -0.2) is 16.5 Å². The molecule has 1 fully saturated rings. The molecule has 0 aromatic carbocycles. The molecule has 2 atom stereocenters. The number of nitrogens with one attached hydrogen (secondary N) is 1. The predicted octanol–water partition coefficient (Wildman–Crippen LogP) is 3.49. The maximum atomic E-state index is 10.9. The van der Waals surface area contributed by atoms with Gasteiger partial charge in [-0.1, -0.05) is 24.9 Å². The van der Waals surface area contributed by atoms with Crippen molar-refractivity contribution in [3.63, 3.8) is 0 Å². The zero-order valence-corrected chi connectivity index (χ0v) is 11.0. The fourth-order valence-electron chi connectivity index (χ4n) is 2.46. The lowest BCUT2D eigenvalue weighted by Crippen LogP contribution is -2.13. The van der Waals surface area contributed by atoms with Gasteiger partial charge in [-0.2, -0.15) is 0 Å². The Morgan fingerprint density at radius 3 is 3.00 bits per heavy atom. The smallest absolute Gasteiger partial charge is 0.312 e. The molecule has 2 unspecified atom stereocenters. The summed E-state index contributed by atoms with van der Waals surface area (Å²) in [7, 11) is 0. The van der Waals surface area contributed by atoms with E-state index in [0.717, 1.165) is 12.5 Å². The number of aromatic nitrogens is 1. The monoisotopic (exact) mass is 269 g/mol. The topological polar surface area (TPSA) is 68.1 Å². The number of halogens is 1. The number of rotatable bonds is 4. The molecule has 0 radical (unpaired) electrons. The zero-order valence-electron chi connectivity index (χ0n) is 10.2. The summed E-state index contributed by atoms with van der Waals surface area (Å²) in [6.45, 7) is 2.98. The van der Waals surface area contributed by atoms with E-state index in [1.54, 1.807) is 0 Å². The second-order valence-electron chi connectivity index (χ2n) is 4.94. The Bertz CT molecular complexity index is 453. The average Bonchev–Trinajstić information content (AvgIpc) is 2.73. The van der Waals surface area contributed by atoms with Gasteiger partial charge in [0.25, 0.3) is 0 Å². The van der Waals surface area contributed by atoms with Crippen molar-refractivity contribution in [3.05, 3.63) is 27.4 Å². The average molecular weight is 270 g/mol. The molecule has 0 spiro atoms.